The van der Waals surface area contributed by atoms with Crippen LogP contribution in [0, 0.1) is 0 Å². The molecule has 0 atom stereocenters. The molecule has 2 heterocycles. The van der Waals surface area contributed by atoms with Crippen molar-refractivity contribution in [3.63, 3.8) is 0 Å². The molecule has 0 unspecified atom stereocenters. The summed E-state index contributed by atoms with van der Waals surface area (Å²) in [6.07, 6.45) is 1.71. The Morgan fingerprint density at radius 3 is 2.65 bits per heavy atom. The maximum Gasteiger partial charge on any atom is 0.257 e. The van der Waals surface area contributed by atoms with Gasteiger partial charge in [-0.2, -0.15) is 0 Å². The van der Waals surface area contributed by atoms with Gasteiger partial charge in [-0.25, -0.2) is 4.98 Å². The molecule has 4 aromatic rings. The Morgan fingerprint density at radius 2 is 1.83 bits per heavy atom. The summed E-state index contributed by atoms with van der Waals surface area (Å²) in [5.74, 6) is 0.793. The number of benzene rings is 2. The van der Waals surface area contributed by atoms with E-state index < -0.39 is 0 Å². The Bertz CT molecular complexity index is 1080. The van der Waals surface area contributed by atoms with Crippen molar-refractivity contribution in [1.82, 2.24) is 9.97 Å². The van der Waals surface area contributed by atoms with Gasteiger partial charge in [-0.05, 0) is 40.8 Å². The molecule has 0 spiro atoms. The molecule has 23 heavy (non-hydrogen) atoms. The lowest BCUT2D eigenvalue weighted by molar-refractivity contribution is 0.415. The molecule has 4 nitrogen and oxygen atoms in total. The van der Waals surface area contributed by atoms with Gasteiger partial charge >= 0.3 is 0 Å². The number of rotatable bonds is 2. The standard InChI is InChI=1S/C19H14N2O2/c1-23-13-6-4-5-12(11-13)14-9-10-20-18-17(14)15-7-2-3-8-16(15)19(22)21-18/h2-11H,1H3,(H,20,21,22). The normalized spacial score (nSPS) is 11.0. The summed E-state index contributed by atoms with van der Waals surface area (Å²) in [4.78, 5) is 19.4. The lowest BCUT2D eigenvalue weighted by Crippen LogP contribution is -2.07. The van der Waals surface area contributed by atoms with Crippen LogP contribution in [0.2, 0.25) is 0 Å². The first-order chi connectivity index (χ1) is 11.3. The number of fused-ring (bicyclic) bond motifs is 3. The minimum absolute atomic E-state index is 0.122. The van der Waals surface area contributed by atoms with Gasteiger partial charge in [0.25, 0.3) is 5.56 Å². The highest BCUT2D eigenvalue weighted by Crippen LogP contribution is 2.32. The van der Waals surface area contributed by atoms with Crippen LogP contribution in [0.15, 0.2) is 65.6 Å². The molecule has 0 fully saturated rings. The first-order valence-corrected chi connectivity index (χ1v) is 7.32. The number of nitrogens with one attached hydrogen (secondary N) is 1. The second kappa shape index (κ2) is 5.25. The number of nitrogens with zero attached hydrogens (tertiary/aromatic N) is 1. The minimum Gasteiger partial charge on any atom is -0.497 e. The van der Waals surface area contributed by atoms with E-state index in [0.29, 0.717) is 11.0 Å². The van der Waals surface area contributed by atoms with Crippen LogP contribution in [-0.4, -0.2) is 17.1 Å². The van der Waals surface area contributed by atoms with E-state index in [9.17, 15) is 4.79 Å². The predicted molar refractivity (Wildman–Crippen MR) is 91.9 cm³/mol. The number of pyridine rings is 2. The summed E-state index contributed by atoms with van der Waals surface area (Å²) in [5, 5.41) is 2.50. The zero-order valence-electron chi connectivity index (χ0n) is 12.5. The molecule has 4 heteroatoms. The second-order valence-corrected chi connectivity index (χ2v) is 5.31. The van der Waals surface area contributed by atoms with E-state index in [1.54, 1.807) is 13.3 Å². The summed E-state index contributed by atoms with van der Waals surface area (Å²) >= 11 is 0. The van der Waals surface area contributed by atoms with Gasteiger partial charge in [0, 0.05) is 17.0 Å². The molecule has 0 saturated carbocycles. The second-order valence-electron chi connectivity index (χ2n) is 5.31. The predicted octanol–water partition coefficient (Wildman–Crippen LogP) is 3.75. The van der Waals surface area contributed by atoms with E-state index in [0.717, 1.165) is 27.6 Å². The number of aromatic nitrogens is 2. The van der Waals surface area contributed by atoms with Crippen molar-refractivity contribution >= 4 is 21.8 Å². The Morgan fingerprint density at radius 1 is 1.00 bits per heavy atom. The average molecular weight is 302 g/mol. The third kappa shape index (κ3) is 2.16. The van der Waals surface area contributed by atoms with Gasteiger partial charge in [0.15, 0.2) is 0 Å². The van der Waals surface area contributed by atoms with Crippen LogP contribution in [-0.2, 0) is 0 Å². The Hall–Kier alpha value is -3.14. The topological polar surface area (TPSA) is 55.0 Å². The third-order valence-electron chi connectivity index (χ3n) is 4.00. The third-order valence-corrected chi connectivity index (χ3v) is 4.00. The highest BCUT2D eigenvalue weighted by Gasteiger charge is 2.11. The lowest BCUT2D eigenvalue weighted by Gasteiger charge is -2.10. The minimum atomic E-state index is -0.122. The smallest absolute Gasteiger partial charge is 0.257 e. The van der Waals surface area contributed by atoms with Crippen LogP contribution >= 0.6 is 0 Å². The fourth-order valence-electron chi connectivity index (χ4n) is 2.93. The van der Waals surface area contributed by atoms with Crippen molar-refractivity contribution in [2.75, 3.05) is 7.11 Å². The number of methoxy groups -OCH3 is 1. The van der Waals surface area contributed by atoms with Gasteiger partial charge in [-0.15, -0.1) is 0 Å². The maximum atomic E-state index is 12.2. The number of hydrogen-bond acceptors (Lipinski definition) is 3. The van der Waals surface area contributed by atoms with Crippen LogP contribution < -0.4 is 10.3 Å². The Kier molecular flexibility index (Phi) is 3.08. The molecule has 4 rings (SSSR count). The molecule has 0 bridgehead atoms. The molecule has 2 aromatic heterocycles. The van der Waals surface area contributed by atoms with Crippen molar-refractivity contribution in [3.05, 3.63) is 71.1 Å². The van der Waals surface area contributed by atoms with Gasteiger partial charge < -0.3 is 9.72 Å². The maximum absolute atomic E-state index is 12.2. The number of aromatic amines is 1. The Labute approximate surface area is 132 Å². The van der Waals surface area contributed by atoms with Crippen molar-refractivity contribution in [3.8, 4) is 16.9 Å². The molecule has 0 saturated heterocycles. The number of hydrogen-bond donors (Lipinski definition) is 1. The summed E-state index contributed by atoms with van der Waals surface area (Å²) < 4.78 is 5.32. The van der Waals surface area contributed by atoms with Crippen LogP contribution in [0.1, 0.15) is 0 Å². The summed E-state index contributed by atoms with van der Waals surface area (Å²) in [5.41, 5.74) is 2.51. The van der Waals surface area contributed by atoms with E-state index in [1.807, 2.05) is 54.6 Å². The molecular weight excluding hydrogens is 288 g/mol. The summed E-state index contributed by atoms with van der Waals surface area (Å²) in [7, 11) is 1.65. The SMILES string of the molecule is COc1cccc(-c2ccnc3[nH]c(=O)c4ccccc4c23)c1. The fourth-order valence-corrected chi connectivity index (χ4v) is 2.93. The molecule has 0 radical (unpaired) electrons. The van der Waals surface area contributed by atoms with Gasteiger partial charge in [0.1, 0.15) is 11.4 Å². The molecule has 112 valence electrons. The zero-order valence-corrected chi connectivity index (χ0v) is 12.5. The molecule has 1 N–H and O–H groups in total. The molecule has 0 aliphatic heterocycles. The van der Waals surface area contributed by atoms with Gasteiger partial charge in [-0.1, -0.05) is 30.3 Å². The van der Waals surface area contributed by atoms with Gasteiger partial charge in [0.2, 0.25) is 0 Å². The van der Waals surface area contributed by atoms with E-state index in [4.69, 9.17) is 4.74 Å². The summed E-state index contributed by atoms with van der Waals surface area (Å²) in [6.45, 7) is 0. The van der Waals surface area contributed by atoms with Crippen LogP contribution in [0.25, 0.3) is 32.9 Å². The molecule has 2 aromatic carbocycles. The van der Waals surface area contributed by atoms with E-state index in [1.165, 1.54) is 0 Å². The van der Waals surface area contributed by atoms with Crippen molar-refractivity contribution in [2.24, 2.45) is 0 Å². The van der Waals surface area contributed by atoms with Gasteiger partial charge in [-0.3, -0.25) is 4.79 Å². The van der Waals surface area contributed by atoms with Crippen LogP contribution in [0.3, 0.4) is 0 Å². The first-order valence-electron chi connectivity index (χ1n) is 7.32. The molecule has 0 aliphatic carbocycles. The monoisotopic (exact) mass is 302 g/mol. The number of ether oxygens (including phenoxy) is 1. The number of H-pyrrole nitrogens is 1. The van der Waals surface area contributed by atoms with Gasteiger partial charge in [0.05, 0.1) is 7.11 Å². The molecule has 0 amide bonds. The van der Waals surface area contributed by atoms with Crippen LogP contribution in [0.4, 0.5) is 0 Å². The molecule has 0 aliphatic rings. The average Bonchev–Trinajstić information content (AvgIpc) is 2.61. The largest absolute Gasteiger partial charge is 0.497 e. The zero-order chi connectivity index (χ0) is 15.8. The first kappa shape index (κ1) is 13.5. The highest BCUT2D eigenvalue weighted by atomic mass is 16.5. The van der Waals surface area contributed by atoms with Crippen molar-refractivity contribution < 1.29 is 4.74 Å². The lowest BCUT2D eigenvalue weighted by atomic mass is 9.99. The van der Waals surface area contributed by atoms with Crippen LogP contribution in [0.5, 0.6) is 5.75 Å². The molecular formula is C19H14N2O2. The van der Waals surface area contributed by atoms with E-state index in [2.05, 4.69) is 9.97 Å². The van der Waals surface area contributed by atoms with Crippen molar-refractivity contribution in [2.45, 2.75) is 0 Å². The van der Waals surface area contributed by atoms with E-state index >= 15 is 0 Å². The van der Waals surface area contributed by atoms with E-state index in [-0.39, 0.29) is 5.56 Å². The van der Waals surface area contributed by atoms with Crippen molar-refractivity contribution in [1.29, 1.82) is 0 Å². The highest BCUT2D eigenvalue weighted by molar-refractivity contribution is 6.11. The Balaban J connectivity index is 2.15. The fraction of sp³-hybridized carbons (Fsp3) is 0.0526. The quantitative estimate of drug-likeness (QED) is 0.574. The summed E-state index contributed by atoms with van der Waals surface area (Å²) in [6, 6.07) is 17.4.